The summed E-state index contributed by atoms with van der Waals surface area (Å²) in [7, 11) is 0. The molecule has 2 fully saturated rings. The van der Waals surface area contributed by atoms with Gasteiger partial charge in [-0.2, -0.15) is 0 Å². The van der Waals surface area contributed by atoms with Crippen molar-refractivity contribution in [2.75, 3.05) is 13.1 Å². The third kappa shape index (κ3) is 3.61. The van der Waals surface area contributed by atoms with Gasteiger partial charge in [-0.15, -0.1) is 0 Å². The number of likely N-dealkylation sites (tertiary alicyclic amines) is 1. The van der Waals surface area contributed by atoms with Crippen molar-refractivity contribution >= 4 is 34.2 Å². The molecule has 0 aliphatic carbocycles. The van der Waals surface area contributed by atoms with E-state index in [-0.39, 0.29) is 11.5 Å². The van der Waals surface area contributed by atoms with Crippen molar-refractivity contribution in [3.05, 3.63) is 80.7 Å². The normalized spacial score (nSPS) is 24.5. The largest absolute Gasteiger partial charge is 0.375 e. The number of piperidine rings is 1. The van der Waals surface area contributed by atoms with Crippen molar-refractivity contribution in [1.29, 1.82) is 0 Å². The van der Waals surface area contributed by atoms with Crippen LogP contribution in [0.2, 0.25) is 0 Å². The van der Waals surface area contributed by atoms with Crippen LogP contribution in [0.15, 0.2) is 58.4 Å². The molecular formula is C23H23N3O2S2. The minimum Gasteiger partial charge on any atom is -0.375 e. The third-order valence-corrected chi connectivity index (χ3v) is 7.51. The fourth-order valence-electron chi connectivity index (χ4n) is 4.71. The van der Waals surface area contributed by atoms with E-state index >= 15 is 0 Å². The van der Waals surface area contributed by atoms with E-state index in [1.165, 1.54) is 17.3 Å². The summed E-state index contributed by atoms with van der Waals surface area (Å²) in [5.74, 6) is 0.726. The second-order valence-electron chi connectivity index (χ2n) is 8.39. The number of hydrogen-bond donors (Lipinski definition) is 0. The van der Waals surface area contributed by atoms with Crippen LogP contribution in [0.25, 0.3) is 0 Å². The molecule has 0 unspecified atom stereocenters. The van der Waals surface area contributed by atoms with Gasteiger partial charge in [0.1, 0.15) is 4.32 Å². The van der Waals surface area contributed by atoms with E-state index in [4.69, 9.17) is 12.2 Å². The Hall–Kier alpha value is -2.38. The zero-order chi connectivity index (χ0) is 20.8. The van der Waals surface area contributed by atoms with Gasteiger partial charge in [0.15, 0.2) is 0 Å². The van der Waals surface area contributed by atoms with Gasteiger partial charge in [0.2, 0.25) is 0 Å². The lowest BCUT2D eigenvalue weighted by Crippen LogP contribution is -2.45. The Bertz CT molecular complexity index is 1110. The highest BCUT2D eigenvalue weighted by molar-refractivity contribution is 8.26. The van der Waals surface area contributed by atoms with E-state index in [1.807, 2.05) is 29.0 Å². The predicted octanol–water partition coefficient (Wildman–Crippen LogP) is 3.48. The molecule has 5 rings (SSSR count). The SMILES string of the molecule is Cc1ccc(CN2C(=O)/C(=C/N3C[C@H]4C[C@@H](C3)c3cccc(=O)n3C4)SC2=S)cc1. The van der Waals surface area contributed by atoms with Crippen molar-refractivity contribution in [3.8, 4) is 0 Å². The summed E-state index contributed by atoms with van der Waals surface area (Å²) in [5.41, 5.74) is 3.48. The molecule has 1 amide bonds. The molecule has 0 spiro atoms. The fraction of sp³-hybridized carbons (Fsp3) is 0.348. The van der Waals surface area contributed by atoms with E-state index in [0.29, 0.717) is 27.6 Å². The molecule has 2 aromatic rings. The average molecular weight is 438 g/mol. The zero-order valence-electron chi connectivity index (χ0n) is 16.8. The number of aromatic nitrogens is 1. The number of pyridine rings is 1. The Morgan fingerprint density at radius 3 is 2.70 bits per heavy atom. The lowest BCUT2D eigenvalue weighted by molar-refractivity contribution is -0.122. The highest BCUT2D eigenvalue weighted by atomic mass is 32.2. The van der Waals surface area contributed by atoms with Crippen LogP contribution in [0.4, 0.5) is 0 Å². The molecule has 1 aromatic carbocycles. The first-order valence-electron chi connectivity index (χ1n) is 10.2. The Labute approximate surface area is 185 Å². The van der Waals surface area contributed by atoms with E-state index in [0.717, 1.165) is 37.3 Å². The maximum atomic E-state index is 13.0. The van der Waals surface area contributed by atoms with Crippen LogP contribution in [0.3, 0.4) is 0 Å². The van der Waals surface area contributed by atoms with Gasteiger partial charge in [0.25, 0.3) is 11.5 Å². The molecule has 2 atom stereocenters. The van der Waals surface area contributed by atoms with Gasteiger partial charge >= 0.3 is 0 Å². The van der Waals surface area contributed by atoms with E-state index in [9.17, 15) is 9.59 Å². The molecule has 154 valence electrons. The second-order valence-corrected chi connectivity index (χ2v) is 10.1. The Morgan fingerprint density at radius 1 is 1.10 bits per heavy atom. The average Bonchev–Trinajstić information content (AvgIpc) is 2.98. The number of aryl methyl sites for hydroxylation is 1. The summed E-state index contributed by atoms with van der Waals surface area (Å²) in [6, 6.07) is 13.8. The van der Waals surface area contributed by atoms with Crippen molar-refractivity contribution < 1.29 is 4.79 Å². The van der Waals surface area contributed by atoms with Crippen LogP contribution in [-0.4, -0.2) is 37.7 Å². The molecule has 1 aromatic heterocycles. The second kappa shape index (κ2) is 7.71. The molecule has 5 nitrogen and oxygen atoms in total. The van der Waals surface area contributed by atoms with Gasteiger partial charge in [0, 0.05) is 43.5 Å². The van der Waals surface area contributed by atoms with Crippen molar-refractivity contribution in [2.24, 2.45) is 5.92 Å². The van der Waals surface area contributed by atoms with Gasteiger partial charge in [0.05, 0.1) is 11.4 Å². The molecule has 3 aliphatic rings. The number of nitrogens with zero attached hydrogens (tertiary/aromatic N) is 3. The number of rotatable bonds is 3. The number of carbonyl (C=O) groups excluding carboxylic acids is 1. The number of thioether (sulfide) groups is 1. The minimum atomic E-state index is -0.0158. The smallest absolute Gasteiger partial charge is 0.267 e. The standard InChI is InChI=1S/C23H23N3O2S2/c1-15-5-7-16(8-6-15)11-26-22(28)20(30-23(26)29)14-24-10-17-9-18(13-24)19-3-2-4-21(27)25(19)12-17/h2-8,14,17-18H,9-13H2,1H3/b20-14-/t17-,18+/m1/s1. The molecule has 0 saturated carbocycles. The van der Waals surface area contributed by atoms with Crippen molar-refractivity contribution in [1.82, 2.24) is 14.4 Å². The Balaban J connectivity index is 1.33. The number of benzene rings is 1. The summed E-state index contributed by atoms with van der Waals surface area (Å²) in [6.07, 6.45) is 3.09. The lowest BCUT2D eigenvalue weighted by atomic mass is 9.83. The van der Waals surface area contributed by atoms with Crippen LogP contribution in [0.1, 0.15) is 29.2 Å². The maximum Gasteiger partial charge on any atom is 0.267 e. The fourth-order valence-corrected chi connectivity index (χ4v) is 5.97. The van der Waals surface area contributed by atoms with Crippen LogP contribution in [-0.2, 0) is 17.9 Å². The van der Waals surface area contributed by atoms with E-state index in [2.05, 4.69) is 30.0 Å². The third-order valence-electron chi connectivity index (χ3n) is 6.14. The van der Waals surface area contributed by atoms with E-state index < -0.39 is 0 Å². The summed E-state index contributed by atoms with van der Waals surface area (Å²) in [5, 5.41) is 0. The molecular weight excluding hydrogens is 414 g/mol. The number of carbonyl (C=O) groups is 1. The van der Waals surface area contributed by atoms with Gasteiger partial charge in [-0.3, -0.25) is 14.5 Å². The zero-order valence-corrected chi connectivity index (χ0v) is 18.4. The van der Waals surface area contributed by atoms with Crippen LogP contribution >= 0.6 is 24.0 Å². The number of amides is 1. The van der Waals surface area contributed by atoms with E-state index in [1.54, 1.807) is 11.0 Å². The highest BCUT2D eigenvalue weighted by Crippen LogP contribution is 2.37. The first kappa shape index (κ1) is 19.6. The maximum absolute atomic E-state index is 13.0. The Kier molecular flexibility index (Phi) is 5.03. The first-order chi connectivity index (χ1) is 14.5. The predicted molar refractivity (Wildman–Crippen MR) is 123 cm³/mol. The molecule has 2 saturated heterocycles. The summed E-state index contributed by atoms with van der Waals surface area (Å²) >= 11 is 6.89. The van der Waals surface area contributed by atoms with Gasteiger partial charge in [-0.1, -0.05) is 59.9 Å². The monoisotopic (exact) mass is 437 g/mol. The van der Waals surface area contributed by atoms with Crippen LogP contribution in [0, 0.1) is 12.8 Å². The van der Waals surface area contributed by atoms with Crippen molar-refractivity contribution in [2.45, 2.75) is 32.4 Å². The summed E-state index contributed by atoms with van der Waals surface area (Å²) in [6.45, 7) is 4.99. The van der Waals surface area contributed by atoms with Crippen LogP contribution < -0.4 is 5.56 Å². The Morgan fingerprint density at radius 2 is 1.90 bits per heavy atom. The summed E-state index contributed by atoms with van der Waals surface area (Å²) < 4.78 is 2.54. The van der Waals surface area contributed by atoms with Gasteiger partial charge < -0.3 is 9.47 Å². The highest BCUT2D eigenvalue weighted by Gasteiger charge is 2.36. The topological polar surface area (TPSA) is 45.6 Å². The first-order valence-corrected chi connectivity index (χ1v) is 11.5. The minimum absolute atomic E-state index is 0.0158. The van der Waals surface area contributed by atoms with Gasteiger partial charge in [-0.25, -0.2) is 0 Å². The molecule has 3 aliphatic heterocycles. The van der Waals surface area contributed by atoms with Crippen LogP contribution in [0.5, 0.6) is 0 Å². The van der Waals surface area contributed by atoms with Gasteiger partial charge in [-0.05, 0) is 30.9 Å². The molecule has 30 heavy (non-hydrogen) atoms. The number of thiocarbonyl (C=S) groups is 1. The molecule has 2 bridgehead atoms. The molecule has 0 N–H and O–H groups in total. The number of hydrogen-bond acceptors (Lipinski definition) is 5. The quantitative estimate of drug-likeness (QED) is 0.544. The van der Waals surface area contributed by atoms with Crippen molar-refractivity contribution in [3.63, 3.8) is 0 Å². The molecule has 0 radical (unpaired) electrons. The molecule has 4 heterocycles. The lowest BCUT2D eigenvalue weighted by Gasteiger charge is -2.42. The summed E-state index contributed by atoms with van der Waals surface area (Å²) in [4.78, 5) is 29.9. The number of fused-ring (bicyclic) bond motifs is 4. The molecule has 7 heteroatoms.